The maximum Gasteiger partial charge on any atom is 0.220 e. The van der Waals surface area contributed by atoms with E-state index in [1.54, 1.807) is 19.1 Å². The van der Waals surface area contributed by atoms with Gasteiger partial charge in [0.05, 0.1) is 15.3 Å². The number of hydrogen-bond donors (Lipinski definition) is 2. The number of Topliss-reactive ketones (excluding diaryl/α,β-unsaturated/α-hetero) is 1. The third-order valence-electron chi connectivity index (χ3n) is 3.04. The molecule has 118 valence electrons. The van der Waals surface area contributed by atoms with Crippen LogP contribution in [0.3, 0.4) is 0 Å². The van der Waals surface area contributed by atoms with Gasteiger partial charge in [-0.05, 0) is 30.9 Å². The highest BCUT2D eigenvalue weighted by molar-refractivity contribution is 7.18. The minimum Gasteiger partial charge on any atom is -0.393 e. The van der Waals surface area contributed by atoms with Crippen molar-refractivity contribution in [1.82, 2.24) is 5.32 Å². The van der Waals surface area contributed by atoms with Crippen LogP contribution in [0.1, 0.15) is 49.7 Å². The van der Waals surface area contributed by atoms with Crippen LogP contribution < -0.4 is 5.32 Å². The van der Waals surface area contributed by atoms with E-state index >= 15 is 0 Å². The molecule has 0 aliphatic carbocycles. The zero-order valence-electron chi connectivity index (χ0n) is 12.6. The molecule has 21 heavy (non-hydrogen) atoms. The Morgan fingerprint density at radius 2 is 2.05 bits per heavy atom. The van der Waals surface area contributed by atoms with Gasteiger partial charge >= 0.3 is 0 Å². The van der Waals surface area contributed by atoms with Crippen molar-refractivity contribution in [3.63, 3.8) is 0 Å². The summed E-state index contributed by atoms with van der Waals surface area (Å²) >= 11 is 7.00. The molecule has 0 aliphatic rings. The molecule has 1 unspecified atom stereocenters. The van der Waals surface area contributed by atoms with Crippen molar-refractivity contribution >= 4 is 34.6 Å². The predicted molar refractivity (Wildman–Crippen MR) is 86.0 cm³/mol. The summed E-state index contributed by atoms with van der Waals surface area (Å²) in [5.41, 5.74) is -0.172. The summed E-state index contributed by atoms with van der Waals surface area (Å²) < 4.78 is 0.572. The summed E-state index contributed by atoms with van der Waals surface area (Å²) in [5.74, 6) is -0.213. The molecule has 0 saturated heterocycles. The molecule has 1 rings (SSSR count). The summed E-state index contributed by atoms with van der Waals surface area (Å²) in [6, 6.07) is 3.36. The number of hydrogen-bond acceptors (Lipinski definition) is 4. The molecule has 0 radical (unpaired) electrons. The highest BCUT2D eigenvalue weighted by atomic mass is 35.5. The fourth-order valence-corrected chi connectivity index (χ4v) is 3.12. The van der Waals surface area contributed by atoms with Crippen LogP contribution in [0, 0.1) is 5.41 Å². The van der Waals surface area contributed by atoms with Crippen molar-refractivity contribution < 1.29 is 14.7 Å². The van der Waals surface area contributed by atoms with Crippen molar-refractivity contribution in [3.05, 3.63) is 21.3 Å². The van der Waals surface area contributed by atoms with Crippen LogP contribution in [0.4, 0.5) is 0 Å². The molecule has 1 heterocycles. The van der Waals surface area contributed by atoms with E-state index in [1.165, 1.54) is 11.3 Å². The van der Waals surface area contributed by atoms with E-state index in [4.69, 9.17) is 11.6 Å². The average molecular weight is 332 g/mol. The molecule has 0 aromatic carbocycles. The highest BCUT2D eigenvalue weighted by Crippen LogP contribution is 2.23. The fourth-order valence-electron chi connectivity index (χ4n) is 2.11. The standard InChI is InChI=1S/C15H22ClNO3S/c1-10(18)8-15(2,3)9-17-14(20)7-4-11(19)12-5-6-13(16)21-12/h5-6,10,18H,4,7-9H2,1-3H3,(H,17,20). The third kappa shape index (κ3) is 7.07. The lowest BCUT2D eigenvalue weighted by Crippen LogP contribution is -2.35. The summed E-state index contributed by atoms with van der Waals surface area (Å²) in [5, 5.41) is 12.2. The van der Waals surface area contributed by atoms with Gasteiger partial charge in [-0.2, -0.15) is 0 Å². The Labute approximate surface area is 134 Å². The average Bonchev–Trinajstić information content (AvgIpc) is 2.79. The van der Waals surface area contributed by atoms with E-state index in [-0.39, 0.29) is 29.9 Å². The number of thiophene rings is 1. The van der Waals surface area contributed by atoms with Gasteiger partial charge in [0.1, 0.15) is 0 Å². The van der Waals surface area contributed by atoms with E-state index < -0.39 is 6.10 Å². The first kappa shape index (κ1) is 18.1. The summed E-state index contributed by atoms with van der Waals surface area (Å²) in [7, 11) is 0. The molecular weight excluding hydrogens is 310 g/mol. The van der Waals surface area contributed by atoms with Crippen molar-refractivity contribution in [1.29, 1.82) is 0 Å². The topological polar surface area (TPSA) is 66.4 Å². The minimum absolute atomic E-state index is 0.0645. The largest absolute Gasteiger partial charge is 0.393 e. The number of halogens is 1. The number of nitrogens with one attached hydrogen (secondary N) is 1. The Morgan fingerprint density at radius 3 is 2.57 bits per heavy atom. The number of carbonyl (C=O) groups excluding carboxylic acids is 2. The van der Waals surface area contributed by atoms with Gasteiger partial charge in [0.2, 0.25) is 5.91 Å². The van der Waals surface area contributed by atoms with Gasteiger partial charge in [0, 0.05) is 19.4 Å². The number of carbonyl (C=O) groups is 2. The quantitative estimate of drug-likeness (QED) is 0.718. The fraction of sp³-hybridized carbons (Fsp3) is 0.600. The van der Waals surface area contributed by atoms with Crippen LogP contribution in [0.2, 0.25) is 4.34 Å². The van der Waals surface area contributed by atoms with Crippen LogP contribution in [0.15, 0.2) is 12.1 Å². The van der Waals surface area contributed by atoms with Crippen LogP contribution in [-0.2, 0) is 4.79 Å². The van der Waals surface area contributed by atoms with Crippen LogP contribution in [-0.4, -0.2) is 29.4 Å². The lowest BCUT2D eigenvalue weighted by molar-refractivity contribution is -0.121. The number of rotatable bonds is 8. The Kier molecular flexibility index (Phi) is 6.84. The molecule has 0 bridgehead atoms. The van der Waals surface area contributed by atoms with Crippen molar-refractivity contribution in [2.45, 2.75) is 46.1 Å². The minimum atomic E-state index is -0.401. The Bertz CT molecular complexity index is 497. The molecule has 2 N–H and O–H groups in total. The number of amides is 1. The van der Waals surface area contributed by atoms with Crippen molar-refractivity contribution in [2.75, 3.05) is 6.54 Å². The maximum absolute atomic E-state index is 11.8. The zero-order valence-corrected chi connectivity index (χ0v) is 14.2. The first-order chi connectivity index (χ1) is 9.69. The first-order valence-electron chi connectivity index (χ1n) is 6.93. The molecule has 0 fully saturated rings. The molecule has 1 amide bonds. The van der Waals surface area contributed by atoms with Crippen LogP contribution >= 0.6 is 22.9 Å². The Balaban J connectivity index is 2.33. The van der Waals surface area contributed by atoms with Gasteiger partial charge in [-0.3, -0.25) is 9.59 Å². The SMILES string of the molecule is CC(O)CC(C)(C)CNC(=O)CCC(=O)c1ccc(Cl)s1. The molecule has 4 nitrogen and oxygen atoms in total. The molecule has 0 spiro atoms. The molecule has 6 heteroatoms. The summed E-state index contributed by atoms with van der Waals surface area (Å²) in [4.78, 5) is 24.2. The second-order valence-electron chi connectivity index (χ2n) is 6.02. The van der Waals surface area contributed by atoms with E-state index in [0.29, 0.717) is 22.2 Å². The lowest BCUT2D eigenvalue weighted by atomic mass is 9.87. The zero-order chi connectivity index (χ0) is 16.0. The molecule has 1 atom stereocenters. The van der Waals surface area contributed by atoms with Gasteiger partial charge < -0.3 is 10.4 Å². The van der Waals surface area contributed by atoms with Crippen molar-refractivity contribution in [3.8, 4) is 0 Å². The molecule has 0 saturated carbocycles. The van der Waals surface area contributed by atoms with Gasteiger partial charge in [-0.25, -0.2) is 0 Å². The van der Waals surface area contributed by atoms with Gasteiger partial charge in [0.25, 0.3) is 0 Å². The number of aliphatic hydroxyl groups is 1. The second-order valence-corrected chi connectivity index (χ2v) is 7.74. The molecular formula is C15H22ClNO3S. The Hall–Kier alpha value is -0.910. The van der Waals surface area contributed by atoms with Crippen molar-refractivity contribution in [2.24, 2.45) is 5.41 Å². The normalized spacial score (nSPS) is 13.0. The molecule has 1 aromatic heterocycles. The van der Waals surface area contributed by atoms with Gasteiger partial charge in [0.15, 0.2) is 5.78 Å². The molecule has 1 aromatic rings. The third-order valence-corrected chi connectivity index (χ3v) is 4.31. The van der Waals surface area contributed by atoms with E-state index in [1.807, 2.05) is 13.8 Å². The Morgan fingerprint density at radius 1 is 1.38 bits per heavy atom. The smallest absolute Gasteiger partial charge is 0.220 e. The highest BCUT2D eigenvalue weighted by Gasteiger charge is 2.21. The van der Waals surface area contributed by atoms with Gasteiger partial charge in [-0.15, -0.1) is 11.3 Å². The van der Waals surface area contributed by atoms with E-state index in [9.17, 15) is 14.7 Å². The van der Waals surface area contributed by atoms with E-state index in [0.717, 1.165) is 0 Å². The molecule has 0 aliphatic heterocycles. The second kappa shape index (κ2) is 7.92. The van der Waals surface area contributed by atoms with Crippen LogP contribution in [0.5, 0.6) is 0 Å². The van der Waals surface area contributed by atoms with Gasteiger partial charge in [-0.1, -0.05) is 25.4 Å². The monoisotopic (exact) mass is 331 g/mol. The maximum atomic E-state index is 11.8. The lowest BCUT2D eigenvalue weighted by Gasteiger charge is -2.26. The predicted octanol–water partition coefficient (Wildman–Crippen LogP) is 3.28. The number of ketones is 1. The summed E-state index contributed by atoms with van der Waals surface area (Å²) in [6.45, 7) is 6.18. The number of aliphatic hydroxyl groups excluding tert-OH is 1. The first-order valence-corrected chi connectivity index (χ1v) is 8.12. The summed E-state index contributed by atoms with van der Waals surface area (Å²) in [6.07, 6.45) is 0.556. The van der Waals surface area contributed by atoms with Crippen LogP contribution in [0.25, 0.3) is 0 Å². The van der Waals surface area contributed by atoms with E-state index in [2.05, 4.69) is 5.32 Å².